The highest BCUT2D eigenvalue weighted by molar-refractivity contribution is 5.78. The van der Waals surface area contributed by atoms with E-state index >= 15 is 0 Å². The second-order valence-electron chi connectivity index (χ2n) is 4.76. The molecule has 2 unspecified atom stereocenters. The summed E-state index contributed by atoms with van der Waals surface area (Å²) >= 11 is 0. The van der Waals surface area contributed by atoms with E-state index in [-0.39, 0.29) is 11.9 Å². The molecule has 94 valence electrons. The SMILES string of the molecule is CCCC(C)NC(=O)CN1CCCC1CN. The molecule has 1 heterocycles. The topological polar surface area (TPSA) is 58.4 Å². The van der Waals surface area contributed by atoms with Gasteiger partial charge in [0.05, 0.1) is 6.54 Å². The molecule has 1 aliphatic heterocycles. The highest BCUT2D eigenvalue weighted by Gasteiger charge is 2.24. The predicted octanol–water partition coefficient (Wildman–Crippen LogP) is 0.714. The second-order valence-corrected chi connectivity index (χ2v) is 4.76. The first kappa shape index (κ1) is 13.5. The van der Waals surface area contributed by atoms with E-state index in [9.17, 15) is 4.79 Å². The smallest absolute Gasteiger partial charge is 0.234 e. The van der Waals surface area contributed by atoms with E-state index in [1.165, 1.54) is 6.42 Å². The molecule has 0 spiro atoms. The van der Waals surface area contributed by atoms with Crippen LogP contribution < -0.4 is 11.1 Å². The molecule has 16 heavy (non-hydrogen) atoms. The number of carbonyl (C=O) groups is 1. The summed E-state index contributed by atoms with van der Waals surface area (Å²) in [6.45, 7) is 6.38. The van der Waals surface area contributed by atoms with Gasteiger partial charge in [0.15, 0.2) is 0 Å². The highest BCUT2D eigenvalue weighted by Crippen LogP contribution is 2.15. The third kappa shape index (κ3) is 4.10. The van der Waals surface area contributed by atoms with Crippen molar-refractivity contribution in [1.29, 1.82) is 0 Å². The molecule has 1 aliphatic rings. The lowest BCUT2D eigenvalue weighted by Crippen LogP contribution is -2.44. The summed E-state index contributed by atoms with van der Waals surface area (Å²) in [7, 11) is 0. The molecule has 0 aromatic carbocycles. The zero-order valence-electron chi connectivity index (χ0n) is 10.5. The molecule has 0 aromatic rings. The van der Waals surface area contributed by atoms with Gasteiger partial charge < -0.3 is 11.1 Å². The Morgan fingerprint density at radius 1 is 1.62 bits per heavy atom. The summed E-state index contributed by atoms with van der Waals surface area (Å²) in [5.41, 5.74) is 5.68. The van der Waals surface area contributed by atoms with E-state index in [1.807, 2.05) is 0 Å². The molecule has 1 rings (SSSR count). The van der Waals surface area contributed by atoms with Crippen molar-refractivity contribution in [3.63, 3.8) is 0 Å². The second kappa shape index (κ2) is 6.86. The summed E-state index contributed by atoms with van der Waals surface area (Å²) in [5.74, 6) is 0.140. The highest BCUT2D eigenvalue weighted by atomic mass is 16.2. The van der Waals surface area contributed by atoms with Crippen molar-refractivity contribution in [2.75, 3.05) is 19.6 Å². The van der Waals surface area contributed by atoms with Crippen LogP contribution in [0.25, 0.3) is 0 Å². The van der Waals surface area contributed by atoms with Gasteiger partial charge in [0, 0.05) is 18.6 Å². The van der Waals surface area contributed by atoms with Gasteiger partial charge in [-0.25, -0.2) is 0 Å². The van der Waals surface area contributed by atoms with Crippen LogP contribution in [0.2, 0.25) is 0 Å². The maximum absolute atomic E-state index is 11.8. The van der Waals surface area contributed by atoms with Crippen LogP contribution in [-0.2, 0) is 4.79 Å². The van der Waals surface area contributed by atoms with Crippen molar-refractivity contribution in [2.45, 2.75) is 51.6 Å². The van der Waals surface area contributed by atoms with E-state index < -0.39 is 0 Å². The molecule has 0 radical (unpaired) electrons. The van der Waals surface area contributed by atoms with Gasteiger partial charge in [-0.3, -0.25) is 9.69 Å². The zero-order chi connectivity index (χ0) is 12.0. The van der Waals surface area contributed by atoms with Crippen LogP contribution in [-0.4, -0.2) is 42.5 Å². The van der Waals surface area contributed by atoms with Crippen molar-refractivity contribution >= 4 is 5.91 Å². The Bertz CT molecular complexity index is 220. The van der Waals surface area contributed by atoms with Crippen molar-refractivity contribution in [1.82, 2.24) is 10.2 Å². The van der Waals surface area contributed by atoms with Crippen LogP contribution in [0, 0.1) is 0 Å². The molecule has 0 aromatic heterocycles. The Kier molecular flexibility index (Phi) is 5.77. The van der Waals surface area contributed by atoms with E-state index in [4.69, 9.17) is 5.73 Å². The first-order chi connectivity index (χ1) is 7.67. The molecular weight excluding hydrogens is 202 g/mol. The lowest BCUT2D eigenvalue weighted by molar-refractivity contribution is -0.123. The van der Waals surface area contributed by atoms with Crippen molar-refractivity contribution in [2.24, 2.45) is 5.73 Å². The van der Waals surface area contributed by atoms with Crippen LogP contribution in [0.4, 0.5) is 0 Å². The summed E-state index contributed by atoms with van der Waals surface area (Å²) in [6, 6.07) is 0.698. The molecule has 3 N–H and O–H groups in total. The third-order valence-corrected chi connectivity index (χ3v) is 3.25. The standard InChI is InChI=1S/C12H25N3O/c1-3-5-10(2)14-12(16)9-15-7-4-6-11(15)8-13/h10-11H,3-9,13H2,1-2H3,(H,14,16). The van der Waals surface area contributed by atoms with Gasteiger partial charge in [0.2, 0.25) is 5.91 Å². The van der Waals surface area contributed by atoms with Crippen LogP contribution in [0.3, 0.4) is 0 Å². The molecule has 4 nitrogen and oxygen atoms in total. The normalized spacial score (nSPS) is 23.3. The number of carbonyl (C=O) groups excluding carboxylic acids is 1. The van der Waals surface area contributed by atoms with E-state index in [2.05, 4.69) is 24.1 Å². The van der Waals surface area contributed by atoms with E-state index in [0.717, 1.165) is 25.8 Å². The summed E-state index contributed by atoms with van der Waals surface area (Å²) in [5, 5.41) is 3.03. The van der Waals surface area contributed by atoms with Crippen LogP contribution in [0.15, 0.2) is 0 Å². The molecule has 2 atom stereocenters. The fourth-order valence-electron chi connectivity index (χ4n) is 2.38. The monoisotopic (exact) mass is 227 g/mol. The largest absolute Gasteiger partial charge is 0.353 e. The van der Waals surface area contributed by atoms with E-state index in [0.29, 0.717) is 19.1 Å². The maximum Gasteiger partial charge on any atom is 0.234 e. The number of nitrogens with two attached hydrogens (primary N) is 1. The minimum Gasteiger partial charge on any atom is -0.353 e. The number of nitrogens with one attached hydrogen (secondary N) is 1. The molecule has 0 aliphatic carbocycles. The zero-order valence-corrected chi connectivity index (χ0v) is 10.5. The molecule has 0 bridgehead atoms. The Hall–Kier alpha value is -0.610. The van der Waals surface area contributed by atoms with Crippen molar-refractivity contribution in [3.05, 3.63) is 0 Å². The van der Waals surface area contributed by atoms with Gasteiger partial charge in [-0.05, 0) is 32.7 Å². The predicted molar refractivity (Wildman–Crippen MR) is 66.2 cm³/mol. The van der Waals surface area contributed by atoms with Crippen LogP contribution in [0.1, 0.15) is 39.5 Å². The van der Waals surface area contributed by atoms with Gasteiger partial charge >= 0.3 is 0 Å². The minimum atomic E-state index is 0.140. The maximum atomic E-state index is 11.8. The minimum absolute atomic E-state index is 0.140. The summed E-state index contributed by atoms with van der Waals surface area (Å²) in [6.07, 6.45) is 4.45. The van der Waals surface area contributed by atoms with Crippen LogP contribution >= 0.6 is 0 Å². The first-order valence-corrected chi connectivity index (χ1v) is 6.40. The molecule has 1 fully saturated rings. The van der Waals surface area contributed by atoms with Gasteiger partial charge in [-0.15, -0.1) is 0 Å². The Balaban J connectivity index is 2.28. The fourth-order valence-corrected chi connectivity index (χ4v) is 2.38. The number of hydrogen-bond acceptors (Lipinski definition) is 3. The van der Waals surface area contributed by atoms with Crippen molar-refractivity contribution in [3.8, 4) is 0 Å². The van der Waals surface area contributed by atoms with Gasteiger partial charge in [0.1, 0.15) is 0 Å². The van der Waals surface area contributed by atoms with Crippen molar-refractivity contribution < 1.29 is 4.79 Å². The molecule has 1 amide bonds. The number of rotatable bonds is 6. The quantitative estimate of drug-likeness (QED) is 0.703. The number of hydrogen-bond donors (Lipinski definition) is 2. The number of likely N-dealkylation sites (tertiary alicyclic amines) is 1. The number of nitrogens with zero attached hydrogens (tertiary/aromatic N) is 1. The first-order valence-electron chi connectivity index (χ1n) is 6.40. The molecule has 4 heteroatoms. The average Bonchev–Trinajstić information content (AvgIpc) is 2.65. The fraction of sp³-hybridized carbons (Fsp3) is 0.917. The van der Waals surface area contributed by atoms with E-state index in [1.54, 1.807) is 0 Å². The van der Waals surface area contributed by atoms with Gasteiger partial charge in [-0.1, -0.05) is 13.3 Å². The van der Waals surface area contributed by atoms with Crippen LogP contribution in [0.5, 0.6) is 0 Å². The molecule has 0 saturated carbocycles. The Morgan fingerprint density at radius 3 is 3.00 bits per heavy atom. The molecule has 1 saturated heterocycles. The Morgan fingerprint density at radius 2 is 2.38 bits per heavy atom. The lowest BCUT2D eigenvalue weighted by atomic mass is 10.2. The lowest BCUT2D eigenvalue weighted by Gasteiger charge is -2.23. The Labute approximate surface area is 98.6 Å². The molecular formula is C12H25N3O. The summed E-state index contributed by atoms with van der Waals surface area (Å²) in [4.78, 5) is 14.0. The van der Waals surface area contributed by atoms with Gasteiger partial charge in [0.25, 0.3) is 0 Å². The number of amides is 1. The summed E-state index contributed by atoms with van der Waals surface area (Å²) < 4.78 is 0. The van der Waals surface area contributed by atoms with Gasteiger partial charge in [-0.2, -0.15) is 0 Å². The third-order valence-electron chi connectivity index (χ3n) is 3.25. The average molecular weight is 227 g/mol.